The van der Waals surface area contributed by atoms with E-state index in [0.717, 1.165) is 91.2 Å². The second kappa shape index (κ2) is 40.8. The fourth-order valence-corrected chi connectivity index (χ4v) is 11.8. The second-order valence-corrected chi connectivity index (χ2v) is 23.4. The zero-order chi connectivity index (χ0) is 59.2. The molecule has 85 heavy (non-hydrogen) atoms. The van der Waals surface area contributed by atoms with Crippen LogP contribution in [0.3, 0.4) is 0 Å². The standard InChI is InChI=1S/C75H100FNO8/c1-3-4-5-6-7-8-9-10-11-12-15-33-46-69(80-53-61-36-23-17-24-37-61)73(83-55-63-40-27-19-28-41-63)68(77-71(78)47-34-16-13-14-22-35-60-48-50-67(76)51-49-60)59-81-70-52-66(58-79-2)72(82-54-62-38-25-18-26-39-62)75(85-57-65-44-31-21-32-45-65)74(70)84-56-64-42-29-20-30-43-64/h17-21,23-32,36-45,48-51,66,68-70,72-75H,3-16,22,33-35,46-47,52-59H2,1-2H3,(H,77,78)/t66-,68+,69-,70+,72+,73+,74+,75+/m1/s1. The van der Waals surface area contributed by atoms with Crippen LogP contribution in [0.4, 0.5) is 4.39 Å². The number of unbranched alkanes of at least 4 members (excludes halogenated alkanes) is 15. The average Bonchev–Trinajstić information content (AvgIpc) is 3.73. The molecule has 9 nitrogen and oxygen atoms in total. The summed E-state index contributed by atoms with van der Waals surface area (Å²) >= 11 is 0. The van der Waals surface area contributed by atoms with Gasteiger partial charge in [-0.3, -0.25) is 4.79 Å². The van der Waals surface area contributed by atoms with Crippen molar-refractivity contribution in [1.29, 1.82) is 0 Å². The molecule has 1 aliphatic carbocycles. The van der Waals surface area contributed by atoms with Crippen molar-refractivity contribution in [3.8, 4) is 0 Å². The van der Waals surface area contributed by atoms with Crippen molar-refractivity contribution in [2.45, 2.75) is 217 Å². The first-order valence-electron chi connectivity index (χ1n) is 32.4. The van der Waals surface area contributed by atoms with Crippen LogP contribution in [0.2, 0.25) is 0 Å². The highest BCUT2D eigenvalue weighted by molar-refractivity contribution is 5.76. The van der Waals surface area contributed by atoms with Crippen LogP contribution in [-0.4, -0.2) is 68.9 Å². The molecule has 7 rings (SSSR count). The molecule has 1 aliphatic rings. The van der Waals surface area contributed by atoms with Crippen molar-refractivity contribution in [1.82, 2.24) is 5.32 Å². The van der Waals surface area contributed by atoms with Gasteiger partial charge in [-0.2, -0.15) is 0 Å². The molecule has 1 N–H and O–H groups in total. The van der Waals surface area contributed by atoms with Crippen LogP contribution in [0.1, 0.15) is 169 Å². The van der Waals surface area contributed by atoms with Crippen molar-refractivity contribution in [3.63, 3.8) is 0 Å². The van der Waals surface area contributed by atoms with Gasteiger partial charge in [-0.1, -0.05) is 267 Å². The van der Waals surface area contributed by atoms with Crippen LogP contribution in [0.15, 0.2) is 176 Å². The number of amides is 1. The van der Waals surface area contributed by atoms with Gasteiger partial charge in [0.05, 0.1) is 70.6 Å². The topological polar surface area (TPSA) is 93.7 Å². The number of carbonyl (C=O) groups excluding carboxylic acids is 1. The smallest absolute Gasteiger partial charge is 0.220 e. The minimum Gasteiger partial charge on any atom is -0.384 e. The first kappa shape index (κ1) is 67.0. The molecule has 0 saturated heterocycles. The van der Waals surface area contributed by atoms with Gasteiger partial charge in [0.2, 0.25) is 5.91 Å². The summed E-state index contributed by atoms with van der Waals surface area (Å²) < 4.78 is 62.5. The molecule has 6 aromatic carbocycles. The second-order valence-electron chi connectivity index (χ2n) is 23.4. The van der Waals surface area contributed by atoms with Gasteiger partial charge in [-0.05, 0) is 77.6 Å². The largest absolute Gasteiger partial charge is 0.384 e. The average molecular weight is 1160 g/mol. The molecule has 0 bridgehead atoms. The maximum atomic E-state index is 14.7. The van der Waals surface area contributed by atoms with E-state index < -0.39 is 36.6 Å². The summed E-state index contributed by atoms with van der Waals surface area (Å²) in [5, 5.41) is 3.54. The van der Waals surface area contributed by atoms with Crippen molar-refractivity contribution in [2.24, 2.45) is 5.92 Å². The number of methoxy groups -OCH3 is 1. The fraction of sp³-hybridized carbons (Fsp3) is 0.507. The number of benzene rings is 6. The van der Waals surface area contributed by atoms with E-state index in [-0.39, 0.29) is 30.4 Å². The normalized spacial score (nSPS) is 18.0. The predicted octanol–water partition coefficient (Wildman–Crippen LogP) is 17.3. The highest BCUT2D eigenvalue weighted by Gasteiger charge is 2.48. The summed E-state index contributed by atoms with van der Waals surface area (Å²) in [6, 6.07) is 57.5. The number of rotatable bonds is 44. The highest BCUT2D eigenvalue weighted by Crippen LogP contribution is 2.36. The molecule has 460 valence electrons. The third kappa shape index (κ3) is 25.7. The SMILES string of the molecule is CCCCCCCCCCCCCC[C@@H](OCc1ccccc1)[C@@H](OCc1ccccc1)[C@H](CO[C@H]1C[C@H](COC)[C@H](OCc2ccccc2)[C@H](OCc2ccccc2)[C@H]1OCc1ccccc1)NC(=O)CCCCCCCc1ccc(F)cc1. The summed E-state index contributed by atoms with van der Waals surface area (Å²) in [7, 11) is 1.74. The van der Waals surface area contributed by atoms with Gasteiger partial charge in [0, 0.05) is 19.4 Å². The molecule has 10 heteroatoms. The molecular formula is C75H100FNO8. The zero-order valence-corrected chi connectivity index (χ0v) is 51.3. The van der Waals surface area contributed by atoms with E-state index in [2.05, 4.69) is 85.0 Å². The Bertz CT molecular complexity index is 2600. The minimum absolute atomic E-state index is 0.0448. The molecule has 0 heterocycles. The predicted molar refractivity (Wildman–Crippen MR) is 340 cm³/mol. The Morgan fingerprint density at radius 2 is 0.906 bits per heavy atom. The molecule has 1 saturated carbocycles. The van der Waals surface area contributed by atoms with Crippen LogP contribution in [0, 0.1) is 11.7 Å². The van der Waals surface area contributed by atoms with Crippen LogP contribution in [0.5, 0.6) is 0 Å². The summed E-state index contributed by atoms with van der Waals surface area (Å²) in [5.41, 5.74) is 6.40. The number of carbonyl (C=O) groups is 1. The van der Waals surface area contributed by atoms with E-state index in [1.807, 2.05) is 91.0 Å². The number of ether oxygens (including phenoxy) is 7. The summed E-state index contributed by atoms with van der Waals surface area (Å²) in [6.07, 6.45) is 19.4. The van der Waals surface area contributed by atoms with Gasteiger partial charge >= 0.3 is 0 Å². The molecule has 1 amide bonds. The Hall–Kier alpha value is -5.56. The lowest BCUT2D eigenvalue weighted by molar-refractivity contribution is -0.234. The summed E-state index contributed by atoms with van der Waals surface area (Å²) in [5.74, 6) is -0.382. The first-order valence-corrected chi connectivity index (χ1v) is 32.4. The number of hydrogen-bond acceptors (Lipinski definition) is 8. The number of hydrogen-bond donors (Lipinski definition) is 1. The monoisotopic (exact) mass is 1160 g/mol. The Morgan fingerprint density at radius 3 is 1.41 bits per heavy atom. The summed E-state index contributed by atoms with van der Waals surface area (Å²) in [4.78, 5) is 14.7. The Kier molecular flexibility index (Phi) is 32.1. The maximum absolute atomic E-state index is 14.7. The third-order valence-electron chi connectivity index (χ3n) is 16.6. The van der Waals surface area contributed by atoms with Crippen molar-refractivity contribution in [2.75, 3.05) is 20.3 Å². The van der Waals surface area contributed by atoms with Crippen molar-refractivity contribution >= 4 is 5.91 Å². The van der Waals surface area contributed by atoms with Gasteiger partial charge in [-0.15, -0.1) is 0 Å². The van der Waals surface area contributed by atoms with Crippen LogP contribution >= 0.6 is 0 Å². The lowest BCUT2D eigenvalue weighted by Gasteiger charge is -2.46. The lowest BCUT2D eigenvalue weighted by Crippen LogP contribution is -2.59. The molecule has 1 fully saturated rings. The highest BCUT2D eigenvalue weighted by atomic mass is 19.1. The van der Waals surface area contributed by atoms with Gasteiger partial charge in [-0.25, -0.2) is 4.39 Å². The van der Waals surface area contributed by atoms with E-state index in [4.69, 9.17) is 33.2 Å². The van der Waals surface area contributed by atoms with Gasteiger partial charge in [0.1, 0.15) is 24.1 Å². The quantitative estimate of drug-likeness (QED) is 0.0378. The maximum Gasteiger partial charge on any atom is 0.220 e. The van der Waals surface area contributed by atoms with E-state index in [1.165, 1.54) is 76.3 Å². The zero-order valence-electron chi connectivity index (χ0n) is 51.3. The Balaban J connectivity index is 1.16. The molecule has 0 aliphatic heterocycles. The van der Waals surface area contributed by atoms with Crippen LogP contribution in [0.25, 0.3) is 0 Å². The Labute approximate surface area is 510 Å². The van der Waals surface area contributed by atoms with E-state index in [0.29, 0.717) is 52.5 Å². The molecule has 8 atom stereocenters. The van der Waals surface area contributed by atoms with Crippen LogP contribution < -0.4 is 5.32 Å². The van der Waals surface area contributed by atoms with Crippen molar-refractivity contribution < 1.29 is 42.3 Å². The minimum atomic E-state index is -0.601. The van der Waals surface area contributed by atoms with Gasteiger partial charge in [0.15, 0.2) is 0 Å². The number of aryl methyl sites for hydroxylation is 1. The molecule has 0 radical (unpaired) electrons. The molecule has 6 aromatic rings. The Morgan fingerprint density at radius 1 is 0.471 bits per heavy atom. The molecule has 0 spiro atoms. The van der Waals surface area contributed by atoms with E-state index >= 15 is 0 Å². The third-order valence-corrected chi connectivity index (χ3v) is 16.6. The first-order chi connectivity index (χ1) is 41.9. The summed E-state index contributed by atoms with van der Waals surface area (Å²) in [6.45, 7) is 4.63. The number of nitrogens with one attached hydrogen (secondary N) is 1. The molecule has 0 unspecified atom stereocenters. The van der Waals surface area contributed by atoms with E-state index in [1.54, 1.807) is 7.11 Å². The van der Waals surface area contributed by atoms with Gasteiger partial charge in [0.25, 0.3) is 0 Å². The lowest BCUT2D eigenvalue weighted by atomic mass is 9.80. The van der Waals surface area contributed by atoms with E-state index in [9.17, 15) is 9.18 Å². The van der Waals surface area contributed by atoms with Crippen molar-refractivity contribution in [3.05, 3.63) is 215 Å². The number of halogens is 1. The fourth-order valence-electron chi connectivity index (χ4n) is 11.8. The molecular weight excluding hydrogens is 1060 g/mol. The van der Waals surface area contributed by atoms with Crippen LogP contribution in [-0.2, 0) is 77.4 Å². The molecule has 0 aromatic heterocycles. The van der Waals surface area contributed by atoms with Gasteiger partial charge < -0.3 is 38.5 Å².